The monoisotopic (exact) mass is 354 g/mol. The van der Waals surface area contributed by atoms with Gasteiger partial charge in [-0.15, -0.1) is 0 Å². The van der Waals surface area contributed by atoms with Crippen molar-refractivity contribution in [2.45, 2.75) is 17.7 Å². The molecule has 0 saturated heterocycles. The zero-order valence-corrected chi connectivity index (χ0v) is 13.0. The summed E-state index contributed by atoms with van der Waals surface area (Å²) in [7, 11) is 0. The van der Waals surface area contributed by atoms with Crippen molar-refractivity contribution in [3.8, 4) is 5.75 Å². The Kier molecular flexibility index (Phi) is 3.99. The lowest BCUT2D eigenvalue weighted by atomic mass is 10.0. The zero-order chi connectivity index (χ0) is 14.1. The van der Waals surface area contributed by atoms with E-state index in [0.29, 0.717) is 18.1 Å². The predicted molar refractivity (Wildman–Crippen MR) is 82.4 cm³/mol. The molecule has 0 radical (unpaired) electrons. The van der Waals surface area contributed by atoms with Gasteiger partial charge in [0.05, 0.1) is 6.61 Å². The largest absolute Gasteiger partial charge is 0.493 e. The van der Waals surface area contributed by atoms with Crippen LogP contribution in [0.5, 0.6) is 5.75 Å². The van der Waals surface area contributed by atoms with E-state index >= 15 is 0 Å². The fourth-order valence-electron chi connectivity index (χ4n) is 2.51. The summed E-state index contributed by atoms with van der Waals surface area (Å²) < 4.78 is 18.9. The lowest BCUT2D eigenvalue weighted by Gasteiger charge is -2.15. The van der Waals surface area contributed by atoms with Gasteiger partial charge in [0, 0.05) is 21.8 Å². The molecule has 0 bridgehead atoms. The third-order valence-electron chi connectivity index (χ3n) is 3.42. The molecule has 3 rings (SSSR count). The van der Waals surface area contributed by atoms with Gasteiger partial charge in [-0.05, 0) is 41.8 Å². The zero-order valence-electron chi connectivity index (χ0n) is 10.7. The van der Waals surface area contributed by atoms with Crippen LogP contribution in [0.15, 0.2) is 36.4 Å². The fourth-order valence-corrected chi connectivity index (χ4v) is 3.47. The molecule has 0 N–H and O–H groups in total. The van der Waals surface area contributed by atoms with Gasteiger partial charge in [-0.1, -0.05) is 39.7 Å². The summed E-state index contributed by atoms with van der Waals surface area (Å²) in [4.78, 5) is 0.0508. The SMILES string of the molecule is Fc1cccc(CC(Br)c2cc(Cl)cc3c2OCC3)c1. The van der Waals surface area contributed by atoms with E-state index in [1.54, 1.807) is 12.1 Å². The number of hydrogen-bond donors (Lipinski definition) is 0. The normalized spacial score (nSPS) is 14.8. The van der Waals surface area contributed by atoms with Gasteiger partial charge in [0.15, 0.2) is 0 Å². The first-order chi connectivity index (χ1) is 9.63. The lowest BCUT2D eigenvalue weighted by Crippen LogP contribution is -1.99. The van der Waals surface area contributed by atoms with Crippen LogP contribution >= 0.6 is 27.5 Å². The Morgan fingerprint density at radius 3 is 2.95 bits per heavy atom. The van der Waals surface area contributed by atoms with E-state index < -0.39 is 0 Å². The van der Waals surface area contributed by atoms with Crippen LogP contribution in [0.3, 0.4) is 0 Å². The van der Waals surface area contributed by atoms with Crippen LogP contribution < -0.4 is 4.74 Å². The summed E-state index contributed by atoms with van der Waals surface area (Å²) in [6.45, 7) is 0.697. The Morgan fingerprint density at radius 2 is 2.15 bits per heavy atom. The molecule has 1 aliphatic heterocycles. The van der Waals surface area contributed by atoms with Gasteiger partial charge in [0.1, 0.15) is 11.6 Å². The van der Waals surface area contributed by atoms with Crippen LogP contribution in [0.1, 0.15) is 21.5 Å². The molecule has 20 heavy (non-hydrogen) atoms. The molecule has 0 aromatic heterocycles. The number of hydrogen-bond acceptors (Lipinski definition) is 1. The van der Waals surface area contributed by atoms with Gasteiger partial charge in [0.2, 0.25) is 0 Å². The van der Waals surface area contributed by atoms with Crippen molar-refractivity contribution in [2.24, 2.45) is 0 Å². The second-order valence-corrected chi connectivity index (χ2v) is 6.43. The fraction of sp³-hybridized carbons (Fsp3) is 0.250. The second-order valence-electron chi connectivity index (χ2n) is 4.88. The Labute approximate surface area is 130 Å². The van der Waals surface area contributed by atoms with Crippen molar-refractivity contribution >= 4 is 27.5 Å². The van der Waals surface area contributed by atoms with E-state index in [4.69, 9.17) is 16.3 Å². The van der Waals surface area contributed by atoms with Crippen molar-refractivity contribution in [1.29, 1.82) is 0 Å². The number of alkyl halides is 1. The number of benzene rings is 2. The lowest BCUT2D eigenvalue weighted by molar-refractivity contribution is 0.353. The summed E-state index contributed by atoms with van der Waals surface area (Å²) in [6.07, 6.45) is 1.58. The van der Waals surface area contributed by atoms with Crippen LogP contribution in [0.4, 0.5) is 4.39 Å². The molecular weight excluding hydrogens is 343 g/mol. The van der Waals surface area contributed by atoms with Gasteiger partial charge in [-0.2, -0.15) is 0 Å². The van der Waals surface area contributed by atoms with Gasteiger partial charge >= 0.3 is 0 Å². The average Bonchev–Trinajstić information content (AvgIpc) is 2.85. The van der Waals surface area contributed by atoms with E-state index in [-0.39, 0.29) is 10.6 Å². The first-order valence-corrected chi connectivity index (χ1v) is 7.76. The minimum absolute atomic E-state index is 0.0508. The van der Waals surface area contributed by atoms with E-state index in [0.717, 1.165) is 28.9 Å². The first-order valence-electron chi connectivity index (χ1n) is 6.47. The van der Waals surface area contributed by atoms with Crippen LogP contribution in [0, 0.1) is 5.82 Å². The maximum atomic E-state index is 13.2. The topological polar surface area (TPSA) is 9.23 Å². The summed E-state index contributed by atoms with van der Waals surface area (Å²) in [6, 6.07) is 10.5. The molecule has 1 heterocycles. The molecule has 2 aromatic rings. The maximum absolute atomic E-state index is 13.2. The Hall–Kier alpha value is -1.06. The molecule has 104 valence electrons. The Bertz CT molecular complexity index is 644. The summed E-state index contributed by atoms with van der Waals surface area (Å²) in [5, 5.41) is 0.716. The summed E-state index contributed by atoms with van der Waals surface area (Å²) in [5.74, 6) is 0.711. The van der Waals surface area contributed by atoms with Crippen LogP contribution in [-0.4, -0.2) is 6.61 Å². The molecule has 0 fully saturated rings. The van der Waals surface area contributed by atoms with Gasteiger partial charge in [-0.3, -0.25) is 0 Å². The molecule has 1 aliphatic rings. The maximum Gasteiger partial charge on any atom is 0.127 e. The van der Waals surface area contributed by atoms with E-state index in [2.05, 4.69) is 15.9 Å². The van der Waals surface area contributed by atoms with Crippen LogP contribution in [0.2, 0.25) is 5.02 Å². The first kappa shape index (κ1) is 13.9. The van der Waals surface area contributed by atoms with Crippen molar-refractivity contribution in [1.82, 2.24) is 0 Å². The summed E-state index contributed by atoms with van der Waals surface area (Å²) in [5.41, 5.74) is 3.13. The third-order valence-corrected chi connectivity index (χ3v) is 4.45. The highest BCUT2D eigenvalue weighted by Crippen LogP contribution is 2.40. The van der Waals surface area contributed by atoms with Crippen molar-refractivity contribution < 1.29 is 9.13 Å². The Balaban J connectivity index is 1.89. The molecule has 1 atom stereocenters. The molecule has 0 aliphatic carbocycles. The molecule has 2 aromatic carbocycles. The molecule has 1 unspecified atom stereocenters. The molecule has 0 spiro atoms. The molecule has 0 saturated carbocycles. The second kappa shape index (κ2) is 5.74. The third kappa shape index (κ3) is 2.84. The van der Waals surface area contributed by atoms with E-state index in [1.807, 2.05) is 18.2 Å². The molecule has 0 amide bonds. The minimum atomic E-state index is -0.213. The smallest absolute Gasteiger partial charge is 0.127 e. The van der Waals surface area contributed by atoms with E-state index in [1.165, 1.54) is 6.07 Å². The standard InChI is InChI=1S/C16H13BrClFO/c17-15(7-10-2-1-3-13(19)6-10)14-9-12(18)8-11-4-5-20-16(11)14/h1-3,6,8-9,15H,4-5,7H2. The highest BCUT2D eigenvalue weighted by atomic mass is 79.9. The number of fused-ring (bicyclic) bond motifs is 1. The summed E-state index contributed by atoms with van der Waals surface area (Å²) >= 11 is 9.84. The van der Waals surface area contributed by atoms with Crippen LogP contribution in [0.25, 0.3) is 0 Å². The molecule has 4 heteroatoms. The quantitative estimate of drug-likeness (QED) is 0.697. The predicted octanol–water partition coefficient (Wildman–Crippen LogP) is 5.09. The van der Waals surface area contributed by atoms with Crippen molar-refractivity contribution in [3.05, 3.63) is 63.9 Å². The number of ether oxygens (including phenoxy) is 1. The number of halogens is 3. The van der Waals surface area contributed by atoms with Gasteiger partial charge in [-0.25, -0.2) is 4.39 Å². The van der Waals surface area contributed by atoms with Crippen molar-refractivity contribution in [3.63, 3.8) is 0 Å². The number of rotatable bonds is 3. The van der Waals surface area contributed by atoms with Gasteiger partial charge < -0.3 is 4.74 Å². The van der Waals surface area contributed by atoms with Crippen molar-refractivity contribution in [2.75, 3.05) is 6.61 Å². The highest BCUT2D eigenvalue weighted by Gasteiger charge is 2.22. The molecule has 1 nitrogen and oxygen atoms in total. The van der Waals surface area contributed by atoms with Gasteiger partial charge in [0.25, 0.3) is 0 Å². The highest BCUT2D eigenvalue weighted by molar-refractivity contribution is 9.09. The van der Waals surface area contributed by atoms with E-state index in [9.17, 15) is 4.39 Å². The molecular formula is C16H13BrClFO. The minimum Gasteiger partial charge on any atom is -0.493 e. The van der Waals surface area contributed by atoms with Crippen LogP contribution in [-0.2, 0) is 12.8 Å². The Morgan fingerprint density at radius 1 is 1.30 bits per heavy atom. The average molecular weight is 356 g/mol.